The molecule has 3 aromatic rings. The summed E-state index contributed by atoms with van der Waals surface area (Å²) in [5.41, 5.74) is 1.39. The topological polar surface area (TPSA) is 38.3 Å². The number of carbonyl (C=O) groups is 1. The van der Waals surface area contributed by atoms with Crippen LogP contribution in [0.5, 0.6) is 5.75 Å². The van der Waals surface area contributed by atoms with Crippen LogP contribution in [0, 0.1) is 11.6 Å². The normalized spacial score (nSPS) is 13.2. The van der Waals surface area contributed by atoms with Gasteiger partial charge in [0.1, 0.15) is 5.75 Å². The molecule has 1 N–H and O–H groups in total. The molecule has 5 heteroatoms. The number of methoxy groups -OCH3 is 1. The molecule has 0 fully saturated rings. The van der Waals surface area contributed by atoms with Gasteiger partial charge in [0.25, 0.3) is 0 Å². The summed E-state index contributed by atoms with van der Waals surface area (Å²) in [6.07, 6.45) is 0. The minimum absolute atomic E-state index is 0.180. The van der Waals surface area contributed by atoms with Crippen LogP contribution in [-0.2, 0) is 4.79 Å². The summed E-state index contributed by atoms with van der Waals surface area (Å²) in [6.45, 7) is 3.56. The van der Waals surface area contributed by atoms with Crippen LogP contribution in [0.2, 0.25) is 0 Å². The van der Waals surface area contributed by atoms with Crippen molar-refractivity contribution in [2.75, 3.05) is 7.11 Å². The zero-order chi connectivity index (χ0) is 19.6. The Kier molecular flexibility index (Phi) is 5.40. The molecule has 0 spiro atoms. The molecule has 0 aliphatic heterocycles. The highest BCUT2D eigenvalue weighted by Gasteiger charge is 2.19. The van der Waals surface area contributed by atoms with Crippen molar-refractivity contribution in [1.29, 1.82) is 0 Å². The molecule has 0 unspecified atom stereocenters. The van der Waals surface area contributed by atoms with Crippen LogP contribution >= 0.6 is 0 Å². The minimum atomic E-state index is -0.924. The minimum Gasteiger partial charge on any atom is -0.497 e. The molecule has 3 nitrogen and oxygen atoms in total. The molecule has 0 aliphatic carbocycles. The Morgan fingerprint density at radius 3 is 2.26 bits per heavy atom. The Bertz CT molecular complexity index is 987. The first-order valence-electron chi connectivity index (χ1n) is 8.72. The first-order valence-corrected chi connectivity index (χ1v) is 8.72. The number of carbonyl (C=O) groups excluding carboxylic acids is 1. The van der Waals surface area contributed by atoms with Gasteiger partial charge in [-0.15, -0.1) is 0 Å². The predicted molar refractivity (Wildman–Crippen MR) is 102 cm³/mol. The van der Waals surface area contributed by atoms with Crippen LogP contribution in [0.3, 0.4) is 0 Å². The van der Waals surface area contributed by atoms with Gasteiger partial charge in [-0.2, -0.15) is 0 Å². The average molecular weight is 369 g/mol. The molecular formula is C22H21F2NO2. The highest BCUT2D eigenvalue weighted by atomic mass is 19.2. The number of nitrogens with one attached hydrogen (secondary N) is 1. The fraction of sp³-hybridized carbons (Fsp3) is 0.227. The average Bonchev–Trinajstić information content (AvgIpc) is 2.68. The van der Waals surface area contributed by atoms with Crippen LogP contribution in [0.1, 0.15) is 36.9 Å². The number of halogens is 2. The first-order chi connectivity index (χ1) is 12.9. The number of hydrogen-bond donors (Lipinski definition) is 1. The zero-order valence-corrected chi connectivity index (χ0v) is 15.4. The van der Waals surface area contributed by atoms with Gasteiger partial charge < -0.3 is 10.1 Å². The summed E-state index contributed by atoms with van der Waals surface area (Å²) < 4.78 is 31.7. The largest absolute Gasteiger partial charge is 0.497 e. The van der Waals surface area contributed by atoms with Gasteiger partial charge in [-0.3, -0.25) is 4.79 Å². The van der Waals surface area contributed by atoms with Crippen molar-refractivity contribution >= 4 is 16.7 Å². The van der Waals surface area contributed by atoms with Crippen molar-refractivity contribution in [2.24, 2.45) is 0 Å². The summed E-state index contributed by atoms with van der Waals surface area (Å²) >= 11 is 0. The third-order valence-electron chi connectivity index (χ3n) is 4.77. The van der Waals surface area contributed by atoms with Crippen molar-refractivity contribution in [3.63, 3.8) is 0 Å². The van der Waals surface area contributed by atoms with E-state index in [4.69, 9.17) is 4.74 Å². The van der Waals surface area contributed by atoms with Gasteiger partial charge in [0, 0.05) is 0 Å². The Morgan fingerprint density at radius 1 is 0.889 bits per heavy atom. The number of amides is 1. The van der Waals surface area contributed by atoms with Gasteiger partial charge in [0.2, 0.25) is 5.91 Å². The number of rotatable bonds is 5. The SMILES string of the molecule is COc1ccc2cc([C@@H](C)C(=O)N[C@@H](C)c3ccc(F)c(F)c3)ccc2c1. The summed E-state index contributed by atoms with van der Waals surface area (Å²) in [6, 6.07) is 14.8. The third-order valence-corrected chi connectivity index (χ3v) is 4.77. The number of benzene rings is 3. The molecule has 0 radical (unpaired) electrons. The zero-order valence-electron chi connectivity index (χ0n) is 15.4. The molecule has 3 aromatic carbocycles. The molecule has 140 valence electrons. The molecule has 0 aromatic heterocycles. The molecule has 0 saturated carbocycles. The lowest BCUT2D eigenvalue weighted by Gasteiger charge is -2.19. The molecule has 0 bridgehead atoms. The van der Waals surface area contributed by atoms with E-state index in [2.05, 4.69) is 5.32 Å². The summed E-state index contributed by atoms with van der Waals surface area (Å²) in [7, 11) is 1.62. The lowest BCUT2D eigenvalue weighted by molar-refractivity contribution is -0.122. The lowest BCUT2D eigenvalue weighted by Crippen LogP contribution is -2.30. The van der Waals surface area contributed by atoms with Crippen molar-refractivity contribution in [1.82, 2.24) is 5.32 Å². The van der Waals surface area contributed by atoms with E-state index in [9.17, 15) is 13.6 Å². The second-order valence-electron chi connectivity index (χ2n) is 6.60. The van der Waals surface area contributed by atoms with E-state index in [1.54, 1.807) is 14.0 Å². The van der Waals surface area contributed by atoms with Crippen LogP contribution in [0.15, 0.2) is 54.6 Å². The van der Waals surface area contributed by atoms with Crippen molar-refractivity contribution in [3.8, 4) is 5.75 Å². The summed E-state index contributed by atoms with van der Waals surface area (Å²) in [5.74, 6) is -1.62. The molecule has 0 saturated heterocycles. The highest BCUT2D eigenvalue weighted by Crippen LogP contribution is 2.26. The standard InChI is InChI=1S/C22H21F2NO2/c1-13(15-4-5-18-11-19(27-3)8-6-17(18)10-15)22(26)25-14(2)16-7-9-20(23)21(24)12-16/h4-14H,1-3H3,(H,25,26)/t13-,14+/m1/s1. The number of ether oxygens (including phenoxy) is 1. The quantitative estimate of drug-likeness (QED) is 0.679. The highest BCUT2D eigenvalue weighted by molar-refractivity contribution is 5.88. The predicted octanol–water partition coefficient (Wildman–Crippen LogP) is 5.11. The molecule has 0 heterocycles. The molecule has 3 rings (SSSR count). The van der Waals surface area contributed by atoms with E-state index < -0.39 is 17.7 Å². The van der Waals surface area contributed by atoms with E-state index in [1.807, 2.05) is 43.3 Å². The van der Waals surface area contributed by atoms with E-state index in [0.717, 1.165) is 34.2 Å². The Morgan fingerprint density at radius 2 is 1.56 bits per heavy atom. The maximum absolute atomic E-state index is 13.4. The first kappa shape index (κ1) is 18.8. The van der Waals surface area contributed by atoms with E-state index >= 15 is 0 Å². The number of hydrogen-bond acceptors (Lipinski definition) is 2. The fourth-order valence-corrected chi connectivity index (χ4v) is 2.99. The van der Waals surface area contributed by atoms with Gasteiger partial charge in [-0.25, -0.2) is 8.78 Å². The van der Waals surface area contributed by atoms with Gasteiger partial charge in [0.15, 0.2) is 11.6 Å². The monoisotopic (exact) mass is 369 g/mol. The maximum atomic E-state index is 13.4. The van der Waals surface area contributed by atoms with Gasteiger partial charge in [-0.1, -0.05) is 30.3 Å². The summed E-state index contributed by atoms with van der Waals surface area (Å²) in [4.78, 5) is 12.6. The Balaban J connectivity index is 1.76. The second-order valence-corrected chi connectivity index (χ2v) is 6.60. The lowest BCUT2D eigenvalue weighted by atomic mass is 9.96. The van der Waals surface area contributed by atoms with E-state index in [-0.39, 0.29) is 11.8 Å². The fourth-order valence-electron chi connectivity index (χ4n) is 2.99. The van der Waals surface area contributed by atoms with E-state index in [0.29, 0.717) is 5.56 Å². The molecule has 27 heavy (non-hydrogen) atoms. The maximum Gasteiger partial charge on any atom is 0.227 e. The van der Waals surface area contributed by atoms with Crippen molar-refractivity contribution in [3.05, 3.63) is 77.4 Å². The number of fused-ring (bicyclic) bond motifs is 1. The Labute approximate surface area is 157 Å². The molecule has 0 aliphatic rings. The van der Waals surface area contributed by atoms with Crippen molar-refractivity contribution in [2.45, 2.75) is 25.8 Å². The third kappa shape index (κ3) is 4.08. The molecular weight excluding hydrogens is 348 g/mol. The molecule has 2 atom stereocenters. The van der Waals surface area contributed by atoms with Gasteiger partial charge in [0.05, 0.1) is 19.1 Å². The van der Waals surface area contributed by atoms with Crippen molar-refractivity contribution < 1.29 is 18.3 Å². The van der Waals surface area contributed by atoms with Gasteiger partial charge >= 0.3 is 0 Å². The van der Waals surface area contributed by atoms with Gasteiger partial charge in [-0.05, 0) is 60.0 Å². The van der Waals surface area contributed by atoms with Crippen LogP contribution in [0.4, 0.5) is 8.78 Å². The second kappa shape index (κ2) is 7.74. The van der Waals surface area contributed by atoms with E-state index in [1.165, 1.54) is 6.07 Å². The van der Waals surface area contributed by atoms with Crippen LogP contribution in [-0.4, -0.2) is 13.0 Å². The van der Waals surface area contributed by atoms with Crippen LogP contribution in [0.25, 0.3) is 10.8 Å². The van der Waals surface area contributed by atoms with Crippen LogP contribution < -0.4 is 10.1 Å². The Hall–Kier alpha value is -2.95. The molecule has 1 amide bonds. The smallest absolute Gasteiger partial charge is 0.227 e. The summed E-state index contributed by atoms with van der Waals surface area (Å²) in [5, 5.41) is 4.90.